The van der Waals surface area contributed by atoms with Crippen LogP contribution in [0.5, 0.6) is 0 Å². The minimum atomic E-state index is -1.00. The number of anilines is 1. The van der Waals surface area contributed by atoms with Gasteiger partial charge < -0.3 is 5.32 Å². The molecule has 0 unspecified atom stereocenters. The smallest absolute Gasteiger partial charge is 0.318 e. The summed E-state index contributed by atoms with van der Waals surface area (Å²) in [5.74, 6) is -2.51. The third kappa shape index (κ3) is 5.05. The van der Waals surface area contributed by atoms with Crippen LogP contribution >= 0.6 is 23.2 Å². The topological polar surface area (TPSA) is 70.6 Å². The van der Waals surface area contributed by atoms with Crippen LogP contribution in [-0.2, 0) is 9.59 Å². The number of carbonyl (C=O) groups excluding carboxylic acids is 2. The van der Waals surface area contributed by atoms with Gasteiger partial charge in [0.1, 0.15) is 5.82 Å². The average Bonchev–Trinajstić information content (AvgIpc) is 2.49. The van der Waals surface area contributed by atoms with Crippen LogP contribution in [0.4, 0.5) is 10.1 Å². The molecule has 8 heteroatoms. The average molecular weight is 354 g/mol. The molecule has 0 atom stereocenters. The first-order valence-electron chi connectivity index (χ1n) is 6.31. The van der Waals surface area contributed by atoms with Gasteiger partial charge in [0.05, 0.1) is 11.2 Å². The quantitative estimate of drug-likeness (QED) is 0.505. The Morgan fingerprint density at radius 1 is 1.09 bits per heavy atom. The molecule has 0 aliphatic rings. The predicted octanol–water partition coefficient (Wildman–Crippen LogP) is 3.22. The van der Waals surface area contributed by atoms with E-state index < -0.39 is 17.6 Å². The molecular weight excluding hydrogens is 344 g/mol. The Morgan fingerprint density at radius 2 is 1.87 bits per heavy atom. The first-order chi connectivity index (χ1) is 11.0. The van der Waals surface area contributed by atoms with Gasteiger partial charge >= 0.3 is 11.8 Å². The van der Waals surface area contributed by atoms with Crippen LogP contribution in [0.1, 0.15) is 5.56 Å². The molecule has 0 aromatic heterocycles. The van der Waals surface area contributed by atoms with Gasteiger partial charge in [-0.25, -0.2) is 9.82 Å². The lowest BCUT2D eigenvalue weighted by atomic mass is 10.2. The van der Waals surface area contributed by atoms with Gasteiger partial charge in [0.25, 0.3) is 0 Å². The van der Waals surface area contributed by atoms with E-state index in [9.17, 15) is 14.0 Å². The first-order valence-corrected chi connectivity index (χ1v) is 7.06. The third-order valence-corrected chi connectivity index (χ3v) is 3.18. The van der Waals surface area contributed by atoms with Gasteiger partial charge in [-0.2, -0.15) is 5.10 Å². The molecule has 0 heterocycles. The van der Waals surface area contributed by atoms with Crippen LogP contribution in [0.3, 0.4) is 0 Å². The number of nitrogens with one attached hydrogen (secondary N) is 2. The van der Waals surface area contributed by atoms with E-state index in [-0.39, 0.29) is 5.69 Å². The second-order valence-corrected chi connectivity index (χ2v) is 5.17. The zero-order valence-electron chi connectivity index (χ0n) is 11.5. The molecule has 5 nitrogen and oxygen atoms in total. The molecule has 2 aromatic carbocycles. The van der Waals surface area contributed by atoms with Crippen molar-refractivity contribution in [3.8, 4) is 0 Å². The Hall–Kier alpha value is -2.44. The SMILES string of the molecule is O=C(N/N=C/c1ccc(Cl)cc1Cl)C(=O)Nc1cccc(F)c1. The van der Waals surface area contributed by atoms with Crippen LogP contribution in [0.15, 0.2) is 47.6 Å². The maximum atomic E-state index is 13.0. The Morgan fingerprint density at radius 3 is 2.57 bits per heavy atom. The Labute approximate surface area is 141 Å². The van der Waals surface area contributed by atoms with Gasteiger partial charge in [-0.1, -0.05) is 35.3 Å². The fraction of sp³-hybridized carbons (Fsp3) is 0. The lowest BCUT2D eigenvalue weighted by Gasteiger charge is -2.03. The molecule has 2 amide bonds. The van der Waals surface area contributed by atoms with E-state index in [4.69, 9.17) is 23.2 Å². The molecular formula is C15H10Cl2FN3O2. The van der Waals surface area contributed by atoms with Gasteiger partial charge in [0, 0.05) is 16.3 Å². The molecule has 23 heavy (non-hydrogen) atoms. The first kappa shape index (κ1) is 16.9. The highest BCUT2D eigenvalue weighted by Crippen LogP contribution is 2.19. The number of hydrogen-bond donors (Lipinski definition) is 2. The van der Waals surface area contributed by atoms with Crippen molar-refractivity contribution in [2.24, 2.45) is 5.10 Å². The number of benzene rings is 2. The van der Waals surface area contributed by atoms with E-state index in [2.05, 4.69) is 10.4 Å². The summed E-state index contributed by atoms with van der Waals surface area (Å²) in [5.41, 5.74) is 2.72. The van der Waals surface area contributed by atoms with Crippen molar-refractivity contribution in [3.05, 3.63) is 63.9 Å². The predicted molar refractivity (Wildman–Crippen MR) is 87.2 cm³/mol. The summed E-state index contributed by atoms with van der Waals surface area (Å²) in [6.07, 6.45) is 1.27. The number of nitrogens with zero attached hydrogens (tertiary/aromatic N) is 1. The summed E-state index contributed by atoms with van der Waals surface area (Å²) in [5, 5.41) is 6.68. The monoisotopic (exact) mass is 353 g/mol. The van der Waals surface area contributed by atoms with Gasteiger partial charge in [-0.15, -0.1) is 0 Å². The molecule has 0 saturated carbocycles. The molecule has 2 rings (SSSR count). The highest BCUT2D eigenvalue weighted by molar-refractivity contribution is 6.39. The van der Waals surface area contributed by atoms with Crippen LogP contribution in [0.2, 0.25) is 10.0 Å². The van der Waals surface area contributed by atoms with Crippen molar-refractivity contribution in [1.29, 1.82) is 0 Å². The number of rotatable bonds is 3. The summed E-state index contributed by atoms with van der Waals surface area (Å²) in [4.78, 5) is 23.2. The van der Waals surface area contributed by atoms with Crippen LogP contribution in [0.25, 0.3) is 0 Å². The van der Waals surface area contributed by atoms with Gasteiger partial charge in [0.15, 0.2) is 0 Å². The van der Waals surface area contributed by atoms with Crippen molar-refractivity contribution >= 4 is 46.9 Å². The summed E-state index contributed by atoms with van der Waals surface area (Å²) in [7, 11) is 0. The minimum Gasteiger partial charge on any atom is -0.318 e. The normalized spacial score (nSPS) is 10.6. The van der Waals surface area contributed by atoms with E-state index in [0.29, 0.717) is 15.6 Å². The van der Waals surface area contributed by atoms with Gasteiger partial charge in [0.2, 0.25) is 0 Å². The van der Waals surface area contributed by atoms with E-state index in [1.807, 2.05) is 5.43 Å². The van der Waals surface area contributed by atoms with Crippen molar-refractivity contribution in [1.82, 2.24) is 5.43 Å². The van der Waals surface area contributed by atoms with Crippen molar-refractivity contribution in [2.75, 3.05) is 5.32 Å². The molecule has 0 radical (unpaired) electrons. The summed E-state index contributed by atoms with van der Waals surface area (Å²) in [6.45, 7) is 0. The second kappa shape index (κ2) is 7.71. The van der Waals surface area contributed by atoms with E-state index in [1.54, 1.807) is 12.1 Å². The van der Waals surface area contributed by atoms with Crippen molar-refractivity contribution < 1.29 is 14.0 Å². The highest BCUT2D eigenvalue weighted by Gasteiger charge is 2.13. The number of halogens is 3. The lowest BCUT2D eigenvalue weighted by Crippen LogP contribution is -2.32. The number of amides is 2. The summed E-state index contributed by atoms with van der Waals surface area (Å²) >= 11 is 11.7. The Bertz CT molecular complexity index is 781. The number of hydrazone groups is 1. The molecule has 2 aromatic rings. The van der Waals surface area contributed by atoms with E-state index >= 15 is 0 Å². The summed E-state index contributed by atoms with van der Waals surface area (Å²) < 4.78 is 13.0. The Kier molecular flexibility index (Phi) is 5.67. The maximum Gasteiger partial charge on any atom is 0.329 e. The maximum absolute atomic E-state index is 13.0. The molecule has 0 aliphatic carbocycles. The fourth-order valence-corrected chi connectivity index (χ4v) is 2.03. The fourth-order valence-electron chi connectivity index (χ4n) is 1.57. The molecule has 2 N–H and O–H groups in total. The second-order valence-electron chi connectivity index (χ2n) is 4.33. The zero-order valence-corrected chi connectivity index (χ0v) is 13.0. The van der Waals surface area contributed by atoms with Crippen LogP contribution in [0, 0.1) is 5.82 Å². The molecule has 0 saturated heterocycles. The van der Waals surface area contributed by atoms with Gasteiger partial charge in [-0.05, 0) is 30.3 Å². The molecule has 0 bridgehead atoms. The molecule has 0 fully saturated rings. The summed E-state index contributed by atoms with van der Waals surface area (Å²) in [6, 6.07) is 9.88. The van der Waals surface area contributed by atoms with E-state index in [1.165, 1.54) is 30.5 Å². The highest BCUT2D eigenvalue weighted by atomic mass is 35.5. The molecule has 0 aliphatic heterocycles. The number of carbonyl (C=O) groups is 2. The van der Waals surface area contributed by atoms with Crippen LogP contribution in [-0.4, -0.2) is 18.0 Å². The van der Waals surface area contributed by atoms with Crippen LogP contribution < -0.4 is 10.7 Å². The molecule has 0 spiro atoms. The molecule has 118 valence electrons. The van der Waals surface area contributed by atoms with E-state index in [0.717, 1.165) is 6.07 Å². The van der Waals surface area contributed by atoms with Crippen molar-refractivity contribution in [2.45, 2.75) is 0 Å². The largest absolute Gasteiger partial charge is 0.329 e. The Balaban J connectivity index is 1.93. The minimum absolute atomic E-state index is 0.162. The van der Waals surface area contributed by atoms with Gasteiger partial charge in [-0.3, -0.25) is 9.59 Å². The third-order valence-electron chi connectivity index (χ3n) is 2.62. The zero-order chi connectivity index (χ0) is 16.8. The lowest BCUT2D eigenvalue weighted by molar-refractivity contribution is -0.136. The number of hydrogen-bond acceptors (Lipinski definition) is 3. The standard InChI is InChI=1S/C15H10Cl2FN3O2/c16-10-5-4-9(13(17)6-10)8-19-21-15(23)14(22)20-12-3-1-2-11(18)7-12/h1-8H,(H,20,22)(H,21,23)/b19-8+. The van der Waals surface area contributed by atoms with Crippen molar-refractivity contribution in [3.63, 3.8) is 0 Å².